The normalized spacial score (nSPS) is 26.8. The highest BCUT2D eigenvalue weighted by Crippen LogP contribution is 2.54. The van der Waals surface area contributed by atoms with Crippen molar-refractivity contribution in [3.05, 3.63) is 64.1 Å². The fourth-order valence-electron chi connectivity index (χ4n) is 5.42. The Morgan fingerprint density at radius 2 is 1.67 bits per heavy atom. The molecule has 2 aliphatic heterocycles. The number of rotatable bonds is 3. The standard InChI is InChI=1S/C24H22BrNO4/c25-19-13-7-12-17-21(19)30-23(29)24(17,15-8-3-1-4-9-15)18-14-20(27)26(22(18)28)16-10-5-2-6-11-16/h1,3-4,7-9,12-13,16,18H,2,5-6,10-11,14H2/t18-,24+/m1/s1. The van der Waals surface area contributed by atoms with Gasteiger partial charge in [0.1, 0.15) is 11.2 Å². The monoisotopic (exact) mass is 467 g/mol. The van der Waals surface area contributed by atoms with Crippen molar-refractivity contribution in [3.63, 3.8) is 0 Å². The zero-order chi connectivity index (χ0) is 20.9. The highest BCUT2D eigenvalue weighted by Gasteiger charge is 2.62. The fraction of sp³-hybridized carbons (Fsp3) is 0.375. The molecule has 30 heavy (non-hydrogen) atoms. The first-order valence-corrected chi connectivity index (χ1v) is 11.3. The summed E-state index contributed by atoms with van der Waals surface area (Å²) >= 11 is 3.47. The van der Waals surface area contributed by atoms with Crippen LogP contribution in [0.4, 0.5) is 0 Å². The molecule has 2 aromatic carbocycles. The van der Waals surface area contributed by atoms with E-state index in [2.05, 4.69) is 15.9 Å². The van der Waals surface area contributed by atoms with Gasteiger partial charge in [-0.05, 0) is 40.4 Å². The van der Waals surface area contributed by atoms with Gasteiger partial charge in [0, 0.05) is 18.0 Å². The fourth-order valence-corrected chi connectivity index (χ4v) is 5.87. The highest BCUT2D eigenvalue weighted by atomic mass is 79.9. The maximum Gasteiger partial charge on any atom is 0.327 e. The number of imide groups is 1. The Hall–Kier alpha value is -2.47. The quantitative estimate of drug-likeness (QED) is 0.382. The molecule has 1 aliphatic carbocycles. The molecule has 5 nitrogen and oxygen atoms in total. The van der Waals surface area contributed by atoms with E-state index < -0.39 is 17.3 Å². The molecule has 1 saturated carbocycles. The highest BCUT2D eigenvalue weighted by molar-refractivity contribution is 9.10. The van der Waals surface area contributed by atoms with Gasteiger partial charge in [-0.15, -0.1) is 0 Å². The first-order valence-electron chi connectivity index (χ1n) is 10.5. The zero-order valence-electron chi connectivity index (χ0n) is 16.5. The summed E-state index contributed by atoms with van der Waals surface area (Å²) in [6.07, 6.45) is 4.88. The maximum absolute atomic E-state index is 13.7. The molecule has 3 aliphatic rings. The van der Waals surface area contributed by atoms with Crippen LogP contribution in [-0.4, -0.2) is 28.7 Å². The van der Waals surface area contributed by atoms with E-state index >= 15 is 0 Å². The van der Waals surface area contributed by atoms with Gasteiger partial charge in [-0.3, -0.25) is 19.3 Å². The minimum Gasteiger partial charge on any atom is -0.424 e. The van der Waals surface area contributed by atoms with Crippen LogP contribution in [0.15, 0.2) is 53.0 Å². The minimum atomic E-state index is -1.32. The Labute approximate surface area is 183 Å². The van der Waals surface area contributed by atoms with Gasteiger partial charge in [0.05, 0.1) is 10.4 Å². The van der Waals surface area contributed by atoms with Crippen molar-refractivity contribution in [2.75, 3.05) is 0 Å². The van der Waals surface area contributed by atoms with Crippen LogP contribution in [0.2, 0.25) is 0 Å². The lowest BCUT2D eigenvalue weighted by molar-refractivity contribution is -0.147. The third kappa shape index (κ3) is 2.69. The number of amides is 2. The number of fused-ring (bicyclic) bond motifs is 1. The molecular formula is C24H22BrNO4. The molecule has 0 radical (unpaired) electrons. The Bertz CT molecular complexity index is 1030. The lowest BCUT2D eigenvalue weighted by atomic mass is 9.66. The lowest BCUT2D eigenvalue weighted by Gasteiger charge is -2.33. The van der Waals surface area contributed by atoms with Crippen molar-refractivity contribution in [2.24, 2.45) is 5.92 Å². The topological polar surface area (TPSA) is 63.7 Å². The van der Waals surface area contributed by atoms with Gasteiger partial charge in [0.25, 0.3) is 0 Å². The number of benzene rings is 2. The molecule has 154 valence electrons. The summed E-state index contributed by atoms with van der Waals surface area (Å²) in [4.78, 5) is 41.7. The number of hydrogen-bond donors (Lipinski definition) is 0. The molecule has 0 spiro atoms. The van der Waals surface area contributed by atoms with Crippen LogP contribution >= 0.6 is 15.9 Å². The van der Waals surface area contributed by atoms with Gasteiger partial charge in [0.15, 0.2) is 0 Å². The van der Waals surface area contributed by atoms with Crippen LogP contribution < -0.4 is 4.74 Å². The summed E-state index contributed by atoms with van der Waals surface area (Å²) in [6, 6.07) is 14.7. The Morgan fingerprint density at radius 3 is 2.40 bits per heavy atom. The van der Waals surface area contributed by atoms with Crippen molar-refractivity contribution in [3.8, 4) is 5.75 Å². The molecule has 0 N–H and O–H groups in total. The van der Waals surface area contributed by atoms with Crippen LogP contribution in [-0.2, 0) is 19.8 Å². The van der Waals surface area contributed by atoms with Gasteiger partial charge in [0.2, 0.25) is 11.8 Å². The number of carbonyl (C=O) groups is 3. The van der Waals surface area contributed by atoms with Crippen LogP contribution in [0.25, 0.3) is 0 Å². The summed E-state index contributed by atoms with van der Waals surface area (Å²) in [6.45, 7) is 0. The molecule has 2 atom stereocenters. The van der Waals surface area contributed by atoms with E-state index in [9.17, 15) is 14.4 Å². The van der Waals surface area contributed by atoms with E-state index in [0.29, 0.717) is 21.3 Å². The SMILES string of the molecule is O=C1C[C@@H]([C@@]2(c3ccccc3)C(=O)Oc3c(Br)cccc32)C(=O)N1C1CCCCC1. The summed E-state index contributed by atoms with van der Waals surface area (Å²) in [7, 11) is 0. The molecule has 2 heterocycles. The van der Waals surface area contributed by atoms with E-state index in [4.69, 9.17) is 4.74 Å². The summed E-state index contributed by atoms with van der Waals surface area (Å²) in [5.74, 6) is -1.30. The van der Waals surface area contributed by atoms with Gasteiger partial charge in [-0.2, -0.15) is 0 Å². The van der Waals surface area contributed by atoms with Crippen molar-refractivity contribution < 1.29 is 19.1 Å². The molecule has 6 heteroatoms. The average molecular weight is 468 g/mol. The number of para-hydroxylation sites is 1. The Kier molecular flexibility index (Phi) is 4.77. The summed E-state index contributed by atoms with van der Waals surface area (Å²) in [5, 5.41) is 0. The van der Waals surface area contributed by atoms with Crippen LogP contribution in [0.5, 0.6) is 5.75 Å². The van der Waals surface area contributed by atoms with Gasteiger partial charge >= 0.3 is 5.97 Å². The molecule has 1 saturated heterocycles. The molecule has 2 amide bonds. The third-order valence-electron chi connectivity index (χ3n) is 6.78. The van der Waals surface area contributed by atoms with Crippen LogP contribution in [0, 0.1) is 5.92 Å². The van der Waals surface area contributed by atoms with Gasteiger partial charge in [-0.1, -0.05) is 61.7 Å². The van der Waals surface area contributed by atoms with Crippen LogP contribution in [0.1, 0.15) is 49.7 Å². The van der Waals surface area contributed by atoms with E-state index in [-0.39, 0.29) is 24.3 Å². The molecule has 2 aromatic rings. The van der Waals surface area contributed by atoms with E-state index in [0.717, 1.165) is 32.1 Å². The van der Waals surface area contributed by atoms with E-state index in [1.165, 1.54) is 4.90 Å². The Balaban J connectivity index is 1.67. The Morgan fingerprint density at radius 1 is 0.933 bits per heavy atom. The van der Waals surface area contributed by atoms with E-state index in [1.807, 2.05) is 48.5 Å². The van der Waals surface area contributed by atoms with E-state index in [1.54, 1.807) is 0 Å². The number of nitrogens with zero attached hydrogens (tertiary/aromatic N) is 1. The number of carbonyl (C=O) groups excluding carboxylic acids is 3. The largest absolute Gasteiger partial charge is 0.424 e. The number of esters is 1. The molecule has 0 bridgehead atoms. The number of halogens is 1. The van der Waals surface area contributed by atoms with Gasteiger partial charge in [-0.25, -0.2) is 0 Å². The molecule has 0 unspecified atom stereocenters. The first-order chi connectivity index (χ1) is 14.5. The average Bonchev–Trinajstić information content (AvgIpc) is 3.23. The first kappa shape index (κ1) is 19.5. The lowest BCUT2D eigenvalue weighted by Crippen LogP contribution is -2.48. The predicted molar refractivity (Wildman–Crippen MR) is 114 cm³/mol. The molecule has 2 fully saturated rings. The van der Waals surface area contributed by atoms with Crippen molar-refractivity contribution >= 4 is 33.7 Å². The summed E-state index contributed by atoms with van der Waals surface area (Å²) in [5.41, 5.74) is 0.00417. The molecule has 0 aromatic heterocycles. The zero-order valence-corrected chi connectivity index (χ0v) is 18.1. The minimum absolute atomic E-state index is 0.0191. The smallest absolute Gasteiger partial charge is 0.327 e. The maximum atomic E-state index is 13.7. The number of hydrogen-bond acceptors (Lipinski definition) is 4. The predicted octanol–water partition coefficient (Wildman–Crippen LogP) is 4.36. The van der Waals surface area contributed by atoms with Gasteiger partial charge < -0.3 is 4.74 Å². The second-order valence-corrected chi connectivity index (χ2v) is 9.18. The number of ether oxygens (including phenoxy) is 1. The second-order valence-electron chi connectivity index (χ2n) is 8.33. The number of likely N-dealkylation sites (tertiary alicyclic amines) is 1. The second kappa shape index (κ2) is 7.34. The van der Waals surface area contributed by atoms with Crippen molar-refractivity contribution in [1.29, 1.82) is 0 Å². The molecule has 5 rings (SSSR count). The van der Waals surface area contributed by atoms with Crippen molar-refractivity contribution in [2.45, 2.75) is 50.0 Å². The molecular weight excluding hydrogens is 446 g/mol. The van der Waals surface area contributed by atoms with Crippen molar-refractivity contribution in [1.82, 2.24) is 4.90 Å². The van der Waals surface area contributed by atoms with Crippen LogP contribution in [0.3, 0.4) is 0 Å². The third-order valence-corrected chi connectivity index (χ3v) is 7.41. The summed E-state index contributed by atoms with van der Waals surface area (Å²) < 4.78 is 6.38.